The molecular weight excluding hydrogens is 472 g/mol. The van der Waals surface area contributed by atoms with Crippen LogP contribution in [0.4, 0.5) is 5.69 Å². The zero-order valence-electron chi connectivity index (χ0n) is 15.7. The van der Waals surface area contributed by atoms with E-state index in [2.05, 4.69) is 31.4 Å². The highest BCUT2D eigenvalue weighted by Gasteiger charge is 2.22. The van der Waals surface area contributed by atoms with Crippen molar-refractivity contribution < 1.29 is 18.5 Å². The second-order valence-electron chi connectivity index (χ2n) is 6.16. The molecule has 0 spiro atoms. The highest BCUT2D eigenvalue weighted by atomic mass is 79.9. The van der Waals surface area contributed by atoms with Crippen LogP contribution in [-0.4, -0.2) is 29.0 Å². The van der Waals surface area contributed by atoms with Gasteiger partial charge in [-0.3, -0.25) is 9.59 Å². The number of thiophene rings is 1. The van der Waals surface area contributed by atoms with E-state index in [4.69, 9.17) is 8.94 Å². The number of benzene rings is 1. The normalized spacial score (nSPS) is 10.7. The molecule has 2 amide bonds. The van der Waals surface area contributed by atoms with Crippen LogP contribution >= 0.6 is 27.3 Å². The van der Waals surface area contributed by atoms with Gasteiger partial charge < -0.3 is 19.2 Å². The minimum absolute atomic E-state index is 0.0881. The van der Waals surface area contributed by atoms with Gasteiger partial charge in [0.15, 0.2) is 16.3 Å². The Kier molecular flexibility index (Phi) is 5.77. The van der Waals surface area contributed by atoms with Crippen molar-refractivity contribution in [1.82, 2.24) is 15.5 Å². The van der Waals surface area contributed by atoms with Gasteiger partial charge in [0.2, 0.25) is 0 Å². The zero-order chi connectivity index (χ0) is 21.1. The molecule has 0 unspecified atom stereocenters. The molecule has 0 fully saturated rings. The van der Waals surface area contributed by atoms with Crippen LogP contribution in [0.25, 0.3) is 10.8 Å². The molecule has 4 rings (SSSR count). The molecule has 30 heavy (non-hydrogen) atoms. The molecule has 0 aliphatic carbocycles. The van der Waals surface area contributed by atoms with Gasteiger partial charge in [-0.1, -0.05) is 23.4 Å². The third-order valence-corrected chi connectivity index (χ3v) is 5.49. The smallest absolute Gasteiger partial charge is 0.293 e. The van der Waals surface area contributed by atoms with Crippen molar-refractivity contribution in [3.63, 3.8) is 0 Å². The number of amides is 2. The number of carbonyl (C=O) groups is 2. The highest BCUT2D eigenvalue weighted by molar-refractivity contribution is 9.10. The van der Waals surface area contributed by atoms with Gasteiger partial charge in [0.25, 0.3) is 17.7 Å². The molecular formula is C20H15BrN4O4S. The van der Waals surface area contributed by atoms with Crippen molar-refractivity contribution in [2.75, 3.05) is 11.9 Å². The Labute approximate surface area is 183 Å². The molecule has 0 saturated heterocycles. The van der Waals surface area contributed by atoms with Crippen LogP contribution in [0.1, 0.15) is 26.7 Å². The Hall–Kier alpha value is -3.24. The standard InChI is InChI=1S/C20H15BrN4O4S/c1-25(20(27)14-8-9-16(21)28-14)13-6-3-2-5-12(13)18(26)22-11-17-23-19(29-24-17)15-7-4-10-30-15/h2-10H,11H2,1H3,(H,22,26). The molecule has 0 bridgehead atoms. The fourth-order valence-electron chi connectivity index (χ4n) is 2.74. The summed E-state index contributed by atoms with van der Waals surface area (Å²) in [6.07, 6.45) is 0. The second kappa shape index (κ2) is 8.64. The molecule has 152 valence electrons. The largest absolute Gasteiger partial charge is 0.444 e. The summed E-state index contributed by atoms with van der Waals surface area (Å²) in [6.45, 7) is 0.0881. The fraction of sp³-hybridized carbons (Fsp3) is 0.100. The minimum Gasteiger partial charge on any atom is -0.444 e. The maximum atomic E-state index is 12.8. The number of hydrogen-bond donors (Lipinski definition) is 1. The van der Waals surface area contributed by atoms with E-state index in [0.29, 0.717) is 27.6 Å². The van der Waals surface area contributed by atoms with E-state index in [1.165, 1.54) is 16.2 Å². The lowest BCUT2D eigenvalue weighted by molar-refractivity contribution is 0.0949. The fourth-order valence-corrected chi connectivity index (χ4v) is 3.69. The summed E-state index contributed by atoms with van der Waals surface area (Å²) in [5.74, 6) is 0.180. The lowest BCUT2D eigenvalue weighted by Gasteiger charge is -2.19. The molecule has 1 N–H and O–H groups in total. The summed E-state index contributed by atoms with van der Waals surface area (Å²) >= 11 is 4.67. The van der Waals surface area contributed by atoms with Gasteiger partial charge in [-0.25, -0.2) is 0 Å². The topological polar surface area (TPSA) is 101 Å². The lowest BCUT2D eigenvalue weighted by Crippen LogP contribution is -2.30. The SMILES string of the molecule is CN(C(=O)c1ccc(Br)o1)c1ccccc1C(=O)NCc1noc(-c2cccs2)n1. The molecule has 3 aromatic heterocycles. The molecule has 0 saturated carbocycles. The van der Waals surface area contributed by atoms with Crippen LogP contribution in [0.3, 0.4) is 0 Å². The van der Waals surface area contributed by atoms with Crippen LogP contribution < -0.4 is 10.2 Å². The average molecular weight is 487 g/mol. The third kappa shape index (κ3) is 4.19. The van der Waals surface area contributed by atoms with E-state index < -0.39 is 0 Å². The van der Waals surface area contributed by atoms with Crippen LogP contribution in [0.15, 0.2) is 67.5 Å². The van der Waals surface area contributed by atoms with Crippen molar-refractivity contribution in [2.45, 2.75) is 6.54 Å². The number of furan rings is 1. The van der Waals surface area contributed by atoms with Crippen LogP contribution in [0.5, 0.6) is 0 Å². The number of rotatable bonds is 6. The van der Waals surface area contributed by atoms with Crippen molar-refractivity contribution in [3.05, 3.63) is 75.7 Å². The molecule has 0 aliphatic rings. The van der Waals surface area contributed by atoms with Crippen LogP contribution in [0.2, 0.25) is 0 Å². The number of nitrogens with zero attached hydrogens (tertiary/aromatic N) is 3. The Morgan fingerprint density at radius 2 is 2.00 bits per heavy atom. The van der Waals surface area contributed by atoms with Crippen LogP contribution in [-0.2, 0) is 6.54 Å². The highest BCUT2D eigenvalue weighted by Crippen LogP contribution is 2.24. The summed E-state index contributed by atoms with van der Waals surface area (Å²) in [4.78, 5) is 32.0. The van der Waals surface area contributed by atoms with Crippen LogP contribution in [0, 0.1) is 0 Å². The lowest BCUT2D eigenvalue weighted by atomic mass is 10.1. The number of hydrogen-bond acceptors (Lipinski definition) is 7. The van der Waals surface area contributed by atoms with E-state index in [9.17, 15) is 9.59 Å². The third-order valence-electron chi connectivity index (χ3n) is 4.21. The predicted octanol–water partition coefficient (Wildman–Crippen LogP) is 4.36. The van der Waals surface area contributed by atoms with E-state index in [0.717, 1.165) is 4.88 Å². The van der Waals surface area contributed by atoms with Crippen molar-refractivity contribution >= 4 is 44.8 Å². The summed E-state index contributed by atoms with van der Waals surface area (Å²) in [5, 5.41) is 8.57. The van der Waals surface area contributed by atoms with Crippen molar-refractivity contribution in [2.24, 2.45) is 0 Å². The molecule has 4 aromatic rings. The van der Waals surface area contributed by atoms with Crippen molar-refractivity contribution in [3.8, 4) is 10.8 Å². The molecule has 8 nitrogen and oxygen atoms in total. The maximum Gasteiger partial charge on any atom is 0.293 e. The first-order chi connectivity index (χ1) is 14.5. The molecule has 3 heterocycles. The monoisotopic (exact) mass is 486 g/mol. The van der Waals surface area contributed by atoms with Gasteiger partial charge in [-0.2, -0.15) is 4.98 Å². The minimum atomic E-state index is -0.375. The maximum absolute atomic E-state index is 12.8. The summed E-state index contributed by atoms with van der Waals surface area (Å²) < 4.78 is 11.0. The number of aromatic nitrogens is 2. The van der Waals surface area contributed by atoms with Crippen molar-refractivity contribution in [1.29, 1.82) is 0 Å². The Morgan fingerprint density at radius 1 is 1.17 bits per heavy atom. The van der Waals surface area contributed by atoms with E-state index in [1.54, 1.807) is 43.4 Å². The number of halogens is 1. The number of nitrogens with one attached hydrogen (secondary N) is 1. The van der Waals surface area contributed by atoms with Gasteiger partial charge in [0, 0.05) is 7.05 Å². The van der Waals surface area contributed by atoms with Gasteiger partial charge in [-0.05, 0) is 51.6 Å². The molecule has 1 aromatic carbocycles. The Bertz CT molecular complexity index is 1190. The molecule has 0 radical (unpaired) electrons. The second-order valence-corrected chi connectivity index (χ2v) is 7.89. The zero-order valence-corrected chi connectivity index (χ0v) is 18.1. The first-order valence-electron chi connectivity index (χ1n) is 8.80. The van der Waals surface area contributed by atoms with Gasteiger partial charge in [0.05, 0.1) is 22.7 Å². The number of para-hydroxylation sites is 1. The predicted molar refractivity (Wildman–Crippen MR) is 114 cm³/mol. The summed E-state index contributed by atoms with van der Waals surface area (Å²) in [7, 11) is 1.58. The molecule has 0 atom stereocenters. The van der Waals surface area contributed by atoms with Gasteiger partial charge in [0.1, 0.15) is 0 Å². The van der Waals surface area contributed by atoms with E-state index >= 15 is 0 Å². The average Bonchev–Trinajstić information content (AvgIpc) is 3.52. The Morgan fingerprint density at radius 3 is 2.73 bits per heavy atom. The number of carbonyl (C=O) groups excluding carboxylic acids is 2. The molecule has 10 heteroatoms. The van der Waals surface area contributed by atoms with Gasteiger partial charge in [-0.15, -0.1) is 11.3 Å². The summed E-state index contributed by atoms with van der Waals surface area (Å²) in [6, 6.07) is 13.8. The van der Waals surface area contributed by atoms with E-state index in [-0.39, 0.29) is 24.1 Å². The first kappa shape index (κ1) is 20.0. The molecule has 0 aliphatic heterocycles. The first-order valence-corrected chi connectivity index (χ1v) is 10.5. The van der Waals surface area contributed by atoms with E-state index in [1.807, 2.05) is 17.5 Å². The number of anilines is 1. The Balaban J connectivity index is 1.48. The van der Waals surface area contributed by atoms with Gasteiger partial charge >= 0.3 is 0 Å². The quantitative estimate of drug-likeness (QED) is 0.434. The summed E-state index contributed by atoms with van der Waals surface area (Å²) in [5.41, 5.74) is 0.779.